The fourth-order valence-corrected chi connectivity index (χ4v) is 4.40. The van der Waals surface area contributed by atoms with Crippen molar-refractivity contribution in [1.29, 1.82) is 0 Å². The van der Waals surface area contributed by atoms with Gasteiger partial charge in [-0.2, -0.15) is 8.99 Å². The number of sulfonamides is 1. The van der Waals surface area contributed by atoms with Gasteiger partial charge in [0, 0.05) is 12.6 Å². The summed E-state index contributed by atoms with van der Waals surface area (Å²) >= 11 is 0. The first kappa shape index (κ1) is 25.8. The molecule has 0 bridgehead atoms. The summed E-state index contributed by atoms with van der Waals surface area (Å²) in [6.45, 7) is 6.97. The van der Waals surface area contributed by atoms with Gasteiger partial charge in [-0.3, -0.25) is 4.79 Å². The normalized spacial score (nSPS) is 15.4. The van der Waals surface area contributed by atoms with Crippen LogP contribution in [0.15, 0.2) is 18.2 Å². The summed E-state index contributed by atoms with van der Waals surface area (Å²) in [5.74, 6) is 1.34. The lowest BCUT2D eigenvalue weighted by Gasteiger charge is -2.34. The van der Waals surface area contributed by atoms with E-state index in [1.54, 1.807) is 18.2 Å². The van der Waals surface area contributed by atoms with Gasteiger partial charge in [-0.15, -0.1) is 5.10 Å². The molecule has 1 aromatic heterocycles. The van der Waals surface area contributed by atoms with Gasteiger partial charge in [0.2, 0.25) is 10.0 Å². The number of carbonyl (C=O) groups is 1. The topological polar surface area (TPSA) is 138 Å². The smallest absolute Gasteiger partial charge is 0.321 e. The maximum Gasteiger partial charge on any atom is 0.321 e. The summed E-state index contributed by atoms with van der Waals surface area (Å²) in [6, 6.07) is 5.34. The Balaban J connectivity index is 2.01. The van der Waals surface area contributed by atoms with Gasteiger partial charge in [-0.1, -0.05) is 13.8 Å². The fourth-order valence-electron chi connectivity index (χ4n) is 3.56. The number of nitrogens with zero attached hydrogens (tertiary/aromatic N) is 5. The molecule has 0 saturated heterocycles. The second kappa shape index (κ2) is 10.7. The number of methoxy groups -OCH3 is 1. The highest BCUT2D eigenvalue weighted by Gasteiger charge is 2.38. The van der Waals surface area contributed by atoms with Crippen molar-refractivity contribution in [2.45, 2.75) is 32.7 Å². The molecule has 12 nitrogen and oxygen atoms in total. The lowest BCUT2D eigenvalue weighted by molar-refractivity contribution is -0.140. The van der Waals surface area contributed by atoms with Crippen molar-refractivity contribution in [1.82, 2.24) is 29.8 Å². The predicted octanol–water partition coefficient (Wildman–Crippen LogP) is 0.719. The third kappa shape index (κ3) is 6.21. The largest absolute Gasteiger partial charge is 0.486 e. The molecule has 1 aliphatic rings. The van der Waals surface area contributed by atoms with Crippen LogP contribution in [0.5, 0.6) is 11.5 Å². The number of ether oxygens (including phenoxy) is 3. The number of rotatable bonds is 11. The molecule has 3 rings (SSSR count). The molecule has 0 fully saturated rings. The standard InChI is InChI=1S/C21H32N6O6S/c1-15(2)8-9-22-21(3,14-26(34(5,29)30)13-19(28)31-4)20-23-24-25-27(20)16-6-7-17-18(12-16)33-11-10-32-17/h6-7,12,15,22H,8-11,13-14H2,1-5H3. The Bertz CT molecular complexity index is 1100. The van der Waals surface area contributed by atoms with Crippen LogP contribution in [0.25, 0.3) is 5.69 Å². The third-order valence-electron chi connectivity index (χ3n) is 5.46. The zero-order valence-electron chi connectivity index (χ0n) is 20.1. The van der Waals surface area contributed by atoms with E-state index in [2.05, 4.69) is 34.7 Å². The Hall–Kier alpha value is -2.77. The van der Waals surface area contributed by atoms with Crippen LogP contribution in [0.4, 0.5) is 0 Å². The summed E-state index contributed by atoms with van der Waals surface area (Å²) in [5.41, 5.74) is -0.414. The second-order valence-electron chi connectivity index (χ2n) is 8.79. The average Bonchev–Trinajstić information content (AvgIpc) is 3.28. The van der Waals surface area contributed by atoms with Crippen molar-refractivity contribution in [3.8, 4) is 17.2 Å². The van der Waals surface area contributed by atoms with E-state index in [1.807, 2.05) is 6.92 Å². The van der Waals surface area contributed by atoms with Gasteiger partial charge in [-0.25, -0.2) is 8.42 Å². The number of hydrogen-bond donors (Lipinski definition) is 1. The Morgan fingerprint density at radius 2 is 2.00 bits per heavy atom. The van der Waals surface area contributed by atoms with Crippen molar-refractivity contribution in [2.75, 3.05) is 46.2 Å². The van der Waals surface area contributed by atoms with Gasteiger partial charge >= 0.3 is 5.97 Å². The van der Waals surface area contributed by atoms with Crippen LogP contribution in [0.3, 0.4) is 0 Å². The number of fused-ring (bicyclic) bond motifs is 1. The number of nitrogens with one attached hydrogen (secondary N) is 1. The summed E-state index contributed by atoms with van der Waals surface area (Å²) in [5, 5.41) is 15.7. The molecule has 1 aromatic carbocycles. The van der Waals surface area contributed by atoms with E-state index in [0.29, 0.717) is 48.7 Å². The molecule has 1 unspecified atom stereocenters. The molecule has 1 atom stereocenters. The van der Waals surface area contributed by atoms with Crippen LogP contribution in [0.2, 0.25) is 0 Å². The average molecular weight is 497 g/mol. The number of hydrogen-bond acceptors (Lipinski definition) is 10. The van der Waals surface area contributed by atoms with E-state index < -0.39 is 28.1 Å². The first-order valence-electron chi connectivity index (χ1n) is 11.0. The van der Waals surface area contributed by atoms with Crippen molar-refractivity contribution in [3.05, 3.63) is 24.0 Å². The SMILES string of the molecule is COC(=O)CN(CC(C)(NCCC(C)C)c1nnnn1-c1ccc2c(c1)OCCO2)S(C)(=O)=O. The first-order valence-corrected chi connectivity index (χ1v) is 12.8. The van der Waals surface area contributed by atoms with Gasteiger partial charge in [0.05, 0.1) is 24.6 Å². The van der Waals surface area contributed by atoms with Crippen LogP contribution in [0, 0.1) is 5.92 Å². The van der Waals surface area contributed by atoms with Crippen molar-refractivity contribution >= 4 is 16.0 Å². The molecule has 0 saturated carbocycles. The summed E-state index contributed by atoms with van der Waals surface area (Å²) in [7, 11) is -2.53. The van der Waals surface area contributed by atoms with Crippen LogP contribution in [-0.4, -0.2) is 85.1 Å². The van der Waals surface area contributed by atoms with Gasteiger partial charge in [0.1, 0.15) is 19.8 Å². The molecule has 0 radical (unpaired) electrons. The Kier molecular flexibility index (Phi) is 8.10. The minimum atomic E-state index is -3.75. The quantitative estimate of drug-likeness (QED) is 0.443. The highest BCUT2D eigenvalue weighted by Crippen LogP contribution is 2.33. The van der Waals surface area contributed by atoms with Crippen LogP contribution < -0.4 is 14.8 Å². The Morgan fingerprint density at radius 3 is 2.65 bits per heavy atom. The van der Waals surface area contributed by atoms with Crippen molar-refractivity contribution < 1.29 is 27.4 Å². The maximum atomic E-state index is 12.5. The van der Waals surface area contributed by atoms with Crippen LogP contribution in [-0.2, 0) is 25.1 Å². The second-order valence-corrected chi connectivity index (χ2v) is 10.8. The molecule has 0 aliphatic carbocycles. The van der Waals surface area contributed by atoms with Crippen LogP contribution in [0.1, 0.15) is 33.0 Å². The molecule has 13 heteroatoms. The van der Waals surface area contributed by atoms with E-state index in [0.717, 1.165) is 17.0 Å². The van der Waals surface area contributed by atoms with E-state index in [4.69, 9.17) is 14.2 Å². The molecule has 2 heterocycles. The summed E-state index contributed by atoms with van der Waals surface area (Å²) in [4.78, 5) is 11.9. The van der Waals surface area contributed by atoms with Gasteiger partial charge in [0.15, 0.2) is 17.3 Å². The van der Waals surface area contributed by atoms with E-state index in [1.165, 1.54) is 11.8 Å². The number of carbonyl (C=O) groups excluding carboxylic acids is 1. The maximum absolute atomic E-state index is 12.5. The summed E-state index contributed by atoms with van der Waals surface area (Å²) in [6.07, 6.45) is 1.89. The minimum absolute atomic E-state index is 0.0933. The van der Waals surface area contributed by atoms with E-state index in [-0.39, 0.29) is 6.54 Å². The fraction of sp³-hybridized carbons (Fsp3) is 0.619. The number of aromatic nitrogens is 4. The Labute approximate surface area is 199 Å². The zero-order valence-corrected chi connectivity index (χ0v) is 21.0. The molecule has 0 amide bonds. The molecular formula is C21H32N6O6S. The molecule has 34 heavy (non-hydrogen) atoms. The molecule has 0 spiro atoms. The first-order chi connectivity index (χ1) is 16.0. The molecular weight excluding hydrogens is 464 g/mol. The summed E-state index contributed by atoms with van der Waals surface area (Å²) < 4.78 is 43.6. The highest BCUT2D eigenvalue weighted by molar-refractivity contribution is 7.88. The van der Waals surface area contributed by atoms with Crippen molar-refractivity contribution in [3.63, 3.8) is 0 Å². The van der Waals surface area contributed by atoms with Gasteiger partial charge in [0.25, 0.3) is 0 Å². The van der Waals surface area contributed by atoms with Crippen molar-refractivity contribution in [2.24, 2.45) is 5.92 Å². The molecule has 188 valence electrons. The third-order valence-corrected chi connectivity index (χ3v) is 6.66. The molecule has 1 N–H and O–H groups in total. The molecule has 1 aliphatic heterocycles. The van der Waals surface area contributed by atoms with Crippen LogP contribution >= 0.6 is 0 Å². The Morgan fingerprint density at radius 1 is 1.29 bits per heavy atom. The van der Waals surface area contributed by atoms with E-state index >= 15 is 0 Å². The minimum Gasteiger partial charge on any atom is -0.486 e. The molecule has 2 aromatic rings. The van der Waals surface area contributed by atoms with Gasteiger partial charge < -0.3 is 19.5 Å². The number of tetrazole rings is 1. The number of benzene rings is 1. The lowest BCUT2D eigenvalue weighted by atomic mass is 9.99. The van der Waals surface area contributed by atoms with Gasteiger partial charge in [-0.05, 0) is 48.4 Å². The predicted molar refractivity (Wildman–Crippen MR) is 123 cm³/mol. The lowest BCUT2D eigenvalue weighted by Crippen LogP contribution is -2.53. The van der Waals surface area contributed by atoms with E-state index in [9.17, 15) is 13.2 Å². The number of esters is 1. The highest BCUT2D eigenvalue weighted by atomic mass is 32.2. The zero-order chi connectivity index (χ0) is 24.9. The monoisotopic (exact) mass is 496 g/mol.